The number of aryl methyl sites for hydroxylation is 1. The Labute approximate surface area is 206 Å². The Bertz CT molecular complexity index is 1420. The summed E-state index contributed by atoms with van der Waals surface area (Å²) >= 11 is 2.77. The van der Waals surface area contributed by atoms with E-state index >= 15 is 0 Å². The van der Waals surface area contributed by atoms with Gasteiger partial charge in [0.15, 0.2) is 5.16 Å². The minimum atomic E-state index is -0.327. The molecule has 6 nitrogen and oxygen atoms in total. The Morgan fingerprint density at radius 2 is 1.91 bits per heavy atom. The molecule has 0 spiro atoms. The summed E-state index contributed by atoms with van der Waals surface area (Å²) in [4.78, 5) is 33.1. The molecule has 0 saturated heterocycles. The number of hydrogen-bond donors (Lipinski definition) is 1. The molecule has 2 aromatic carbocycles. The molecule has 1 amide bonds. The molecule has 3 heterocycles. The molecule has 0 bridgehead atoms. The van der Waals surface area contributed by atoms with E-state index in [1.54, 1.807) is 4.57 Å². The van der Waals surface area contributed by atoms with Crippen LogP contribution < -0.4 is 10.9 Å². The van der Waals surface area contributed by atoms with Crippen LogP contribution in [0, 0.1) is 6.92 Å². The molecule has 1 aliphatic rings. The third-order valence-electron chi connectivity index (χ3n) is 5.76. The summed E-state index contributed by atoms with van der Waals surface area (Å²) in [5.41, 5.74) is 3.21. The average Bonchev–Trinajstić information content (AvgIpc) is 3.16. The maximum absolute atomic E-state index is 13.8. The smallest absolute Gasteiger partial charge is 0.267 e. The van der Waals surface area contributed by atoms with Gasteiger partial charge in [-0.2, -0.15) is 0 Å². The molecule has 0 saturated carbocycles. The zero-order chi connectivity index (χ0) is 23.9. The summed E-state index contributed by atoms with van der Waals surface area (Å²) in [5, 5.41) is 4.07. The SMILES string of the molecule is Cc1ccc(NC(=O)CSc2nc3sc4c(c3c(=O)n2-c2ccccc2)CC(C)(C)OC4)cc1. The van der Waals surface area contributed by atoms with Gasteiger partial charge < -0.3 is 10.1 Å². The van der Waals surface area contributed by atoms with Gasteiger partial charge >= 0.3 is 0 Å². The van der Waals surface area contributed by atoms with Crippen molar-refractivity contribution in [1.82, 2.24) is 9.55 Å². The Kier molecular flexibility index (Phi) is 6.06. The van der Waals surface area contributed by atoms with Crippen LogP contribution in [0.3, 0.4) is 0 Å². The van der Waals surface area contributed by atoms with Gasteiger partial charge in [0, 0.05) is 17.0 Å². The molecular weight excluding hydrogens is 466 g/mol. The number of para-hydroxylation sites is 1. The number of nitrogens with zero attached hydrogens (tertiary/aromatic N) is 2. The van der Waals surface area contributed by atoms with Gasteiger partial charge in [0.25, 0.3) is 5.56 Å². The number of fused-ring (bicyclic) bond motifs is 3. The van der Waals surface area contributed by atoms with Crippen LogP contribution in [0.1, 0.15) is 29.9 Å². The summed E-state index contributed by atoms with van der Waals surface area (Å²) in [6.07, 6.45) is 0.666. The quantitative estimate of drug-likeness (QED) is 0.301. The monoisotopic (exact) mass is 491 g/mol. The first kappa shape index (κ1) is 22.8. The van der Waals surface area contributed by atoms with E-state index in [1.165, 1.54) is 23.1 Å². The first-order chi connectivity index (χ1) is 16.3. The van der Waals surface area contributed by atoms with E-state index in [9.17, 15) is 9.59 Å². The number of carbonyl (C=O) groups excluding carboxylic acids is 1. The first-order valence-corrected chi connectivity index (χ1v) is 12.9. The predicted molar refractivity (Wildman–Crippen MR) is 138 cm³/mol. The Morgan fingerprint density at radius 1 is 1.18 bits per heavy atom. The summed E-state index contributed by atoms with van der Waals surface area (Å²) in [6, 6.07) is 17.1. The number of hydrogen-bond acceptors (Lipinski definition) is 6. The molecule has 0 atom stereocenters. The fraction of sp³-hybridized carbons (Fsp3) is 0.269. The standard InChI is InChI=1S/C26H25N3O3S2/c1-16-9-11-17(12-10-16)27-21(30)15-33-25-28-23-22(19-13-26(2,3)32-14-20(19)34-23)24(31)29(25)18-7-5-4-6-8-18/h4-12H,13-15H2,1-3H3,(H,27,30). The van der Waals surface area contributed by atoms with Gasteiger partial charge in [-0.25, -0.2) is 4.98 Å². The third-order valence-corrected chi connectivity index (χ3v) is 7.79. The van der Waals surface area contributed by atoms with Crippen LogP contribution in [0.15, 0.2) is 64.5 Å². The second-order valence-electron chi connectivity index (χ2n) is 8.98. The number of thiophene rings is 1. The molecule has 34 heavy (non-hydrogen) atoms. The van der Waals surface area contributed by atoms with Crippen LogP contribution in [-0.2, 0) is 22.6 Å². The van der Waals surface area contributed by atoms with Crippen molar-refractivity contribution >= 4 is 44.9 Å². The van der Waals surface area contributed by atoms with Gasteiger partial charge in [-0.05, 0) is 50.6 Å². The number of amides is 1. The zero-order valence-electron chi connectivity index (χ0n) is 19.3. The highest BCUT2D eigenvalue weighted by atomic mass is 32.2. The highest BCUT2D eigenvalue weighted by molar-refractivity contribution is 7.99. The fourth-order valence-corrected chi connectivity index (χ4v) is 6.00. The molecule has 8 heteroatoms. The van der Waals surface area contributed by atoms with Crippen molar-refractivity contribution in [2.45, 2.75) is 44.6 Å². The van der Waals surface area contributed by atoms with Crippen LogP contribution in [-0.4, -0.2) is 26.8 Å². The summed E-state index contributed by atoms with van der Waals surface area (Å²) in [7, 11) is 0. The molecule has 1 aliphatic heterocycles. The molecule has 0 aliphatic carbocycles. The maximum Gasteiger partial charge on any atom is 0.267 e. The minimum Gasteiger partial charge on any atom is -0.370 e. The van der Waals surface area contributed by atoms with Gasteiger partial charge in [0.05, 0.1) is 29.0 Å². The highest BCUT2D eigenvalue weighted by Crippen LogP contribution is 2.37. The third kappa shape index (κ3) is 4.53. The van der Waals surface area contributed by atoms with E-state index < -0.39 is 0 Å². The van der Waals surface area contributed by atoms with Crippen molar-refractivity contribution < 1.29 is 9.53 Å². The van der Waals surface area contributed by atoms with Gasteiger partial charge in [-0.15, -0.1) is 11.3 Å². The number of benzene rings is 2. The number of rotatable bonds is 5. The molecule has 5 rings (SSSR count). The van der Waals surface area contributed by atoms with Crippen molar-refractivity contribution in [2.24, 2.45) is 0 Å². The second kappa shape index (κ2) is 9.02. The number of nitrogens with one attached hydrogen (secondary N) is 1. The van der Waals surface area contributed by atoms with E-state index in [2.05, 4.69) is 5.32 Å². The number of ether oxygens (including phenoxy) is 1. The lowest BCUT2D eigenvalue weighted by molar-refractivity contribution is -0.113. The normalized spacial score (nSPS) is 14.7. The topological polar surface area (TPSA) is 73.2 Å². The van der Waals surface area contributed by atoms with Crippen LogP contribution >= 0.6 is 23.1 Å². The first-order valence-electron chi connectivity index (χ1n) is 11.1. The minimum absolute atomic E-state index is 0.104. The van der Waals surface area contributed by atoms with E-state index in [-0.39, 0.29) is 22.8 Å². The van der Waals surface area contributed by atoms with Crippen molar-refractivity contribution in [1.29, 1.82) is 0 Å². The second-order valence-corrected chi connectivity index (χ2v) is 11.0. The molecule has 0 radical (unpaired) electrons. The van der Waals surface area contributed by atoms with E-state index in [1.807, 2.05) is 75.4 Å². The van der Waals surface area contributed by atoms with Gasteiger partial charge in [-0.3, -0.25) is 14.2 Å². The van der Waals surface area contributed by atoms with Crippen LogP contribution in [0.4, 0.5) is 5.69 Å². The molecule has 0 fully saturated rings. The lowest BCUT2D eigenvalue weighted by Crippen LogP contribution is -2.32. The summed E-state index contributed by atoms with van der Waals surface area (Å²) in [5.74, 6) is -0.0108. The van der Waals surface area contributed by atoms with E-state index in [0.29, 0.717) is 28.4 Å². The largest absolute Gasteiger partial charge is 0.370 e. The van der Waals surface area contributed by atoms with Crippen molar-refractivity contribution in [3.05, 3.63) is 81.0 Å². The summed E-state index contributed by atoms with van der Waals surface area (Å²) < 4.78 is 7.59. The number of aromatic nitrogens is 2. The number of carbonyl (C=O) groups is 1. The van der Waals surface area contributed by atoms with Crippen molar-refractivity contribution in [3.8, 4) is 5.69 Å². The fourth-order valence-electron chi connectivity index (χ4n) is 4.04. The molecule has 0 unspecified atom stereocenters. The van der Waals surface area contributed by atoms with Crippen LogP contribution in [0.5, 0.6) is 0 Å². The van der Waals surface area contributed by atoms with Crippen molar-refractivity contribution in [3.63, 3.8) is 0 Å². The molecule has 174 valence electrons. The number of thioether (sulfide) groups is 1. The van der Waals surface area contributed by atoms with E-state index in [0.717, 1.165) is 27.4 Å². The molecule has 2 aromatic heterocycles. The van der Waals surface area contributed by atoms with Gasteiger partial charge in [-0.1, -0.05) is 47.7 Å². The van der Waals surface area contributed by atoms with Crippen molar-refractivity contribution in [2.75, 3.05) is 11.1 Å². The lowest BCUT2D eigenvalue weighted by Gasteiger charge is -2.29. The van der Waals surface area contributed by atoms with Crippen LogP contribution in [0.2, 0.25) is 0 Å². The van der Waals surface area contributed by atoms with Gasteiger partial charge in [0.1, 0.15) is 4.83 Å². The zero-order valence-corrected chi connectivity index (χ0v) is 20.9. The Hall–Kier alpha value is -2.94. The molecular formula is C26H25N3O3S2. The highest BCUT2D eigenvalue weighted by Gasteiger charge is 2.31. The predicted octanol–water partition coefficient (Wildman–Crippen LogP) is 5.34. The Balaban J connectivity index is 1.52. The lowest BCUT2D eigenvalue weighted by atomic mass is 9.94. The summed E-state index contributed by atoms with van der Waals surface area (Å²) in [6.45, 7) is 6.57. The Morgan fingerprint density at radius 3 is 2.65 bits per heavy atom. The van der Waals surface area contributed by atoms with Gasteiger partial charge in [0.2, 0.25) is 5.91 Å². The van der Waals surface area contributed by atoms with E-state index in [4.69, 9.17) is 9.72 Å². The van der Waals surface area contributed by atoms with Crippen LogP contribution in [0.25, 0.3) is 15.9 Å². The molecule has 1 N–H and O–H groups in total. The number of anilines is 1. The maximum atomic E-state index is 13.8. The average molecular weight is 492 g/mol. The molecule has 4 aromatic rings.